The Morgan fingerprint density at radius 3 is 2.47 bits per heavy atom. The van der Waals surface area contributed by atoms with Crippen molar-refractivity contribution < 1.29 is 0 Å². The molecule has 0 bridgehead atoms. The third kappa shape index (κ3) is 2.44. The number of rotatable bonds is 2. The van der Waals surface area contributed by atoms with Crippen molar-refractivity contribution >= 4 is 8.07 Å². The van der Waals surface area contributed by atoms with E-state index in [0.29, 0.717) is 0 Å². The van der Waals surface area contributed by atoms with Crippen LogP contribution in [-0.4, -0.2) is 8.07 Å². The second kappa shape index (κ2) is 3.93. The molecule has 0 heterocycles. The van der Waals surface area contributed by atoms with Crippen molar-refractivity contribution in [3.05, 3.63) is 22.8 Å². The summed E-state index contributed by atoms with van der Waals surface area (Å²) in [5.41, 5.74) is 4.94. The molecule has 15 heavy (non-hydrogen) atoms. The standard InChI is InChI=1S/C14H23Si/c1-11-13(10-15(2,3)4)9-12-7-5-6-8-14(11)12/h11H,5-8,10H2,1-4H3. The Kier molecular flexibility index (Phi) is 2.93. The SMILES string of the molecule is CC1C(C[Si](C)(C)C)=[C]C2=C1CCCC2. The minimum atomic E-state index is -0.955. The Morgan fingerprint density at radius 1 is 1.20 bits per heavy atom. The Morgan fingerprint density at radius 2 is 1.87 bits per heavy atom. The van der Waals surface area contributed by atoms with E-state index in [4.69, 9.17) is 0 Å². The molecule has 0 saturated heterocycles. The van der Waals surface area contributed by atoms with Crippen LogP contribution in [0.4, 0.5) is 0 Å². The van der Waals surface area contributed by atoms with Crippen molar-refractivity contribution in [2.24, 2.45) is 5.92 Å². The lowest BCUT2D eigenvalue weighted by atomic mass is 9.88. The Bertz CT molecular complexity index is 315. The molecule has 2 aliphatic rings. The van der Waals surface area contributed by atoms with E-state index in [1.165, 1.54) is 31.7 Å². The second-order valence-corrected chi connectivity index (χ2v) is 11.8. The second-order valence-electron chi connectivity index (χ2n) is 6.32. The van der Waals surface area contributed by atoms with Gasteiger partial charge >= 0.3 is 0 Å². The van der Waals surface area contributed by atoms with Crippen LogP contribution < -0.4 is 0 Å². The lowest BCUT2D eigenvalue weighted by molar-refractivity contribution is 0.636. The topological polar surface area (TPSA) is 0 Å². The summed E-state index contributed by atoms with van der Waals surface area (Å²) in [4.78, 5) is 0. The van der Waals surface area contributed by atoms with Gasteiger partial charge in [-0.05, 0) is 49.3 Å². The van der Waals surface area contributed by atoms with Crippen LogP contribution in [0.5, 0.6) is 0 Å². The first kappa shape index (κ1) is 11.2. The largest absolute Gasteiger partial charge is 0.0693 e. The normalized spacial score (nSPS) is 26.7. The summed E-state index contributed by atoms with van der Waals surface area (Å²) < 4.78 is 0. The van der Waals surface area contributed by atoms with Crippen LogP contribution in [0.1, 0.15) is 32.6 Å². The van der Waals surface area contributed by atoms with E-state index >= 15 is 0 Å². The molecule has 1 atom stereocenters. The molecule has 1 unspecified atom stereocenters. The van der Waals surface area contributed by atoms with Gasteiger partial charge in [-0.3, -0.25) is 0 Å². The smallest absolute Gasteiger partial charge is 0.0483 e. The van der Waals surface area contributed by atoms with E-state index in [1.807, 2.05) is 0 Å². The Labute approximate surface area is 95.5 Å². The first-order valence-electron chi connectivity index (χ1n) is 6.32. The van der Waals surface area contributed by atoms with Gasteiger partial charge in [0.1, 0.15) is 0 Å². The molecule has 0 fully saturated rings. The summed E-state index contributed by atoms with van der Waals surface area (Å²) in [6, 6.07) is 1.35. The molecule has 0 spiro atoms. The first-order chi connectivity index (χ1) is 6.97. The molecule has 83 valence electrons. The highest BCUT2D eigenvalue weighted by Gasteiger charge is 2.28. The van der Waals surface area contributed by atoms with E-state index in [0.717, 1.165) is 5.92 Å². The highest BCUT2D eigenvalue weighted by Crippen LogP contribution is 2.42. The zero-order valence-electron chi connectivity index (χ0n) is 10.6. The van der Waals surface area contributed by atoms with Crippen LogP contribution in [0.15, 0.2) is 16.7 Å². The fraction of sp³-hybridized carbons (Fsp3) is 0.714. The van der Waals surface area contributed by atoms with E-state index in [9.17, 15) is 0 Å². The predicted molar refractivity (Wildman–Crippen MR) is 69.6 cm³/mol. The molecule has 0 amide bonds. The molecular weight excluding hydrogens is 196 g/mol. The molecule has 2 rings (SSSR count). The lowest BCUT2D eigenvalue weighted by Gasteiger charge is -2.22. The van der Waals surface area contributed by atoms with Gasteiger partial charge in [-0.2, -0.15) is 0 Å². The molecule has 0 aromatic carbocycles. The van der Waals surface area contributed by atoms with Crippen LogP contribution in [0, 0.1) is 12.0 Å². The quantitative estimate of drug-likeness (QED) is 0.597. The van der Waals surface area contributed by atoms with Crippen LogP contribution in [0.3, 0.4) is 0 Å². The van der Waals surface area contributed by atoms with E-state index < -0.39 is 8.07 Å². The molecule has 0 aliphatic heterocycles. The maximum Gasteiger partial charge on any atom is 0.0483 e. The molecule has 0 nitrogen and oxygen atoms in total. The molecule has 0 saturated carbocycles. The van der Waals surface area contributed by atoms with Gasteiger partial charge in [-0.15, -0.1) is 0 Å². The maximum atomic E-state index is 3.73. The van der Waals surface area contributed by atoms with Crippen molar-refractivity contribution in [3.63, 3.8) is 0 Å². The summed E-state index contributed by atoms with van der Waals surface area (Å²) in [6.07, 6.45) is 9.17. The van der Waals surface area contributed by atoms with E-state index in [2.05, 4.69) is 32.6 Å². The molecule has 0 N–H and O–H groups in total. The van der Waals surface area contributed by atoms with Gasteiger partial charge in [0.25, 0.3) is 0 Å². The molecule has 0 aromatic rings. The molecular formula is C14H23Si. The van der Waals surface area contributed by atoms with E-state index in [-0.39, 0.29) is 0 Å². The monoisotopic (exact) mass is 219 g/mol. The summed E-state index contributed by atoms with van der Waals surface area (Å²) in [5.74, 6) is 0.729. The highest BCUT2D eigenvalue weighted by molar-refractivity contribution is 6.76. The van der Waals surface area contributed by atoms with Crippen LogP contribution in [0.25, 0.3) is 0 Å². The van der Waals surface area contributed by atoms with Gasteiger partial charge in [0.2, 0.25) is 0 Å². The highest BCUT2D eigenvalue weighted by atomic mass is 28.3. The number of hydrogen-bond acceptors (Lipinski definition) is 0. The fourth-order valence-electron chi connectivity index (χ4n) is 2.83. The fourth-order valence-corrected chi connectivity index (χ4v) is 4.37. The third-order valence-corrected chi connectivity index (χ3v) is 5.03. The molecule has 1 heteroatoms. The molecule has 1 radical (unpaired) electrons. The summed E-state index contributed by atoms with van der Waals surface area (Å²) in [7, 11) is -0.955. The predicted octanol–water partition coefficient (Wildman–Crippen LogP) is 4.57. The van der Waals surface area contributed by atoms with Gasteiger partial charge in [0.05, 0.1) is 0 Å². The van der Waals surface area contributed by atoms with Gasteiger partial charge < -0.3 is 0 Å². The van der Waals surface area contributed by atoms with Gasteiger partial charge in [-0.25, -0.2) is 0 Å². The number of allylic oxidation sites excluding steroid dienone is 4. The summed E-state index contributed by atoms with van der Waals surface area (Å²) in [6.45, 7) is 9.79. The Hall–Kier alpha value is -0.303. The van der Waals surface area contributed by atoms with Crippen molar-refractivity contribution in [1.82, 2.24) is 0 Å². The maximum absolute atomic E-state index is 3.73. The average Bonchev–Trinajstić information content (AvgIpc) is 2.42. The third-order valence-electron chi connectivity index (χ3n) is 3.59. The first-order valence-corrected chi connectivity index (χ1v) is 10.0. The zero-order valence-corrected chi connectivity index (χ0v) is 11.6. The summed E-state index contributed by atoms with van der Waals surface area (Å²) >= 11 is 0. The van der Waals surface area contributed by atoms with Gasteiger partial charge in [0, 0.05) is 8.07 Å². The van der Waals surface area contributed by atoms with Crippen LogP contribution in [0.2, 0.25) is 25.7 Å². The minimum Gasteiger partial charge on any atom is -0.0693 e. The average molecular weight is 219 g/mol. The van der Waals surface area contributed by atoms with E-state index in [1.54, 1.807) is 16.7 Å². The van der Waals surface area contributed by atoms with Crippen LogP contribution >= 0.6 is 0 Å². The Balaban J connectivity index is 2.13. The zero-order chi connectivity index (χ0) is 11.1. The van der Waals surface area contributed by atoms with Crippen LogP contribution in [-0.2, 0) is 0 Å². The lowest BCUT2D eigenvalue weighted by Crippen LogP contribution is -2.21. The molecule has 2 aliphatic carbocycles. The van der Waals surface area contributed by atoms with Crippen molar-refractivity contribution in [1.29, 1.82) is 0 Å². The van der Waals surface area contributed by atoms with Gasteiger partial charge in [-0.1, -0.05) is 37.7 Å². The minimum absolute atomic E-state index is 0.729. The van der Waals surface area contributed by atoms with Gasteiger partial charge in [0.15, 0.2) is 0 Å². The van der Waals surface area contributed by atoms with Crippen molar-refractivity contribution in [2.45, 2.75) is 58.3 Å². The summed E-state index contributed by atoms with van der Waals surface area (Å²) in [5, 5.41) is 0. The van der Waals surface area contributed by atoms with Crippen molar-refractivity contribution in [2.75, 3.05) is 0 Å². The number of hydrogen-bond donors (Lipinski definition) is 0. The molecule has 0 aromatic heterocycles. The van der Waals surface area contributed by atoms with Crippen molar-refractivity contribution in [3.8, 4) is 0 Å².